The first-order valence-corrected chi connectivity index (χ1v) is 4.92. The van der Waals surface area contributed by atoms with Gasteiger partial charge >= 0.3 is 5.97 Å². The molecule has 0 saturated carbocycles. The molecule has 3 N–H and O–H groups in total. The summed E-state index contributed by atoms with van der Waals surface area (Å²) in [7, 11) is 0. The number of nitrogens with two attached hydrogens (primary N) is 1. The Kier molecular flexibility index (Phi) is 2.54. The molecule has 0 bridgehead atoms. The Morgan fingerprint density at radius 2 is 2.33 bits per heavy atom. The summed E-state index contributed by atoms with van der Waals surface area (Å²) in [5.41, 5.74) is 6.60. The standard InChI is InChI=1S/C10H10ClNO3/c11-5-3-6-8(12)1-2-15-9(6)7(4-5)10(13)14/h3-4,8H,1-2,12H2,(H,13,14)/t8-/m0/s1. The van der Waals surface area contributed by atoms with Gasteiger partial charge < -0.3 is 15.6 Å². The molecule has 1 aliphatic heterocycles. The summed E-state index contributed by atoms with van der Waals surface area (Å²) in [6.45, 7) is 0.441. The fraction of sp³-hybridized carbons (Fsp3) is 0.300. The minimum absolute atomic E-state index is 0.0765. The van der Waals surface area contributed by atoms with E-state index < -0.39 is 5.97 Å². The summed E-state index contributed by atoms with van der Waals surface area (Å²) in [5.74, 6) is -0.700. The van der Waals surface area contributed by atoms with Crippen molar-refractivity contribution < 1.29 is 14.6 Å². The van der Waals surface area contributed by atoms with Crippen LogP contribution >= 0.6 is 11.6 Å². The fourth-order valence-corrected chi connectivity index (χ4v) is 1.88. The normalized spacial score (nSPS) is 19.2. The van der Waals surface area contributed by atoms with Crippen molar-refractivity contribution in [2.75, 3.05) is 6.61 Å². The third-order valence-corrected chi connectivity index (χ3v) is 2.61. The number of carboxylic acid groups (broad SMARTS) is 1. The Morgan fingerprint density at radius 3 is 3.00 bits per heavy atom. The molecule has 80 valence electrons. The van der Waals surface area contributed by atoms with Crippen LogP contribution in [-0.2, 0) is 0 Å². The van der Waals surface area contributed by atoms with Crippen molar-refractivity contribution in [1.29, 1.82) is 0 Å². The van der Waals surface area contributed by atoms with E-state index >= 15 is 0 Å². The molecule has 1 aromatic rings. The van der Waals surface area contributed by atoms with Gasteiger partial charge in [-0.05, 0) is 12.1 Å². The highest BCUT2D eigenvalue weighted by Gasteiger charge is 2.24. The zero-order valence-electron chi connectivity index (χ0n) is 7.87. The summed E-state index contributed by atoms with van der Waals surface area (Å²) in [5, 5.41) is 9.34. The van der Waals surface area contributed by atoms with Crippen molar-refractivity contribution in [2.24, 2.45) is 5.73 Å². The third kappa shape index (κ3) is 1.78. The molecule has 1 aliphatic rings. The third-order valence-electron chi connectivity index (χ3n) is 2.39. The zero-order chi connectivity index (χ0) is 11.0. The molecule has 0 aliphatic carbocycles. The Labute approximate surface area is 91.6 Å². The number of fused-ring (bicyclic) bond motifs is 1. The lowest BCUT2D eigenvalue weighted by molar-refractivity contribution is 0.0691. The lowest BCUT2D eigenvalue weighted by Gasteiger charge is -2.24. The fourth-order valence-electron chi connectivity index (χ4n) is 1.65. The van der Waals surface area contributed by atoms with Gasteiger partial charge in [-0.25, -0.2) is 4.79 Å². The topological polar surface area (TPSA) is 72.5 Å². The lowest BCUT2D eigenvalue weighted by Crippen LogP contribution is -2.22. The molecule has 0 aromatic heterocycles. The number of carboxylic acids is 1. The van der Waals surface area contributed by atoms with E-state index in [0.29, 0.717) is 29.4 Å². The zero-order valence-corrected chi connectivity index (χ0v) is 8.62. The number of carbonyl (C=O) groups is 1. The van der Waals surface area contributed by atoms with Gasteiger partial charge in [-0.2, -0.15) is 0 Å². The van der Waals surface area contributed by atoms with E-state index in [1.165, 1.54) is 6.07 Å². The number of hydrogen-bond acceptors (Lipinski definition) is 3. The second-order valence-corrected chi connectivity index (χ2v) is 3.86. The Balaban J connectivity index is 2.62. The highest BCUT2D eigenvalue weighted by atomic mass is 35.5. The molecule has 0 saturated heterocycles. The van der Waals surface area contributed by atoms with Gasteiger partial charge in [0.05, 0.1) is 6.61 Å². The van der Waals surface area contributed by atoms with E-state index in [4.69, 9.17) is 27.2 Å². The Morgan fingerprint density at radius 1 is 1.60 bits per heavy atom. The molecule has 5 heteroatoms. The van der Waals surface area contributed by atoms with Crippen LogP contribution in [0.25, 0.3) is 0 Å². The van der Waals surface area contributed by atoms with Crippen molar-refractivity contribution in [3.63, 3.8) is 0 Å². The predicted octanol–water partition coefficient (Wildman–Crippen LogP) is 1.82. The van der Waals surface area contributed by atoms with Crippen LogP contribution in [0.4, 0.5) is 0 Å². The highest BCUT2D eigenvalue weighted by Crippen LogP contribution is 2.36. The molecule has 1 heterocycles. The molecule has 2 rings (SSSR count). The molecule has 1 atom stereocenters. The second kappa shape index (κ2) is 3.72. The van der Waals surface area contributed by atoms with Gasteiger partial charge in [-0.15, -0.1) is 0 Å². The van der Waals surface area contributed by atoms with E-state index in [9.17, 15) is 4.79 Å². The summed E-state index contributed by atoms with van der Waals surface area (Å²) < 4.78 is 5.32. The Hall–Kier alpha value is -1.26. The average molecular weight is 228 g/mol. The van der Waals surface area contributed by atoms with Crippen molar-refractivity contribution >= 4 is 17.6 Å². The van der Waals surface area contributed by atoms with Gasteiger partial charge in [-0.1, -0.05) is 11.6 Å². The van der Waals surface area contributed by atoms with E-state index in [0.717, 1.165) is 0 Å². The smallest absolute Gasteiger partial charge is 0.339 e. The number of ether oxygens (including phenoxy) is 1. The van der Waals surface area contributed by atoms with Crippen LogP contribution < -0.4 is 10.5 Å². The quantitative estimate of drug-likeness (QED) is 0.768. The molecular weight excluding hydrogens is 218 g/mol. The maximum Gasteiger partial charge on any atom is 0.339 e. The molecular formula is C10H10ClNO3. The first kappa shape index (κ1) is 10.3. The van der Waals surface area contributed by atoms with E-state index in [2.05, 4.69) is 0 Å². The van der Waals surface area contributed by atoms with Crippen LogP contribution in [-0.4, -0.2) is 17.7 Å². The SMILES string of the molecule is N[C@H]1CCOc2c(C(=O)O)cc(Cl)cc21. The molecule has 0 radical (unpaired) electrons. The number of rotatable bonds is 1. The predicted molar refractivity (Wildman–Crippen MR) is 55.5 cm³/mol. The first-order chi connectivity index (χ1) is 7.09. The summed E-state index contributed by atoms with van der Waals surface area (Å²) in [6.07, 6.45) is 0.673. The monoisotopic (exact) mass is 227 g/mol. The van der Waals surface area contributed by atoms with Crippen molar-refractivity contribution in [3.8, 4) is 5.75 Å². The van der Waals surface area contributed by atoms with Gasteiger partial charge in [0.15, 0.2) is 0 Å². The summed E-state index contributed by atoms with van der Waals surface area (Å²) in [4.78, 5) is 11.0. The number of benzene rings is 1. The van der Waals surface area contributed by atoms with Crippen LogP contribution in [0.15, 0.2) is 12.1 Å². The molecule has 0 fully saturated rings. The van der Waals surface area contributed by atoms with Crippen LogP contribution in [0.5, 0.6) is 5.75 Å². The van der Waals surface area contributed by atoms with Crippen molar-refractivity contribution in [2.45, 2.75) is 12.5 Å². The maximum absolute atomic E-state index is 11.0. The minimum Gasteiger partial charge on any atom is -0.492 e. The van der Waals surface area contributed by atoms with Crippen molar-refractivity contribution in [1.82, 2.24) is 0 Å². The average Bonchev–Trinajstić information content (AvgIpc) is 2.18. The molecule has 0 unspecified atom stereocenters. The molecule has 0 amide bonds. The molecule has 1 aromatic carbocycles. The van der Waals surface area contributed by atoms with Crippen LogP contribution in [0.3, 0.4) is 0 Å². The van der Waals surface area contributed by atoms with E-state index in [-0.39, 0.29) is 11.6 Å². The van der Waals surface area contributed by atoms with Gasteiger partial charge in [0.25, 0.3) is 0 Å². The van der Waals surface area contributed by atoms with E-state index in [1.807, 2.05) is 0 Å². The Bertz CT molecular complexity index is 419. The lowest BCUT2D eigenvalue weighted by atomic mass is 9.98. The number of halogens is 1. The first-order valence-electron chi connectivity index (χ1n) is 4.54. The number of aromatic carboxylic acids is 1. The summed E-state index contributed by atoms with van der Waals surface area (Å²) >= 11 is 5.82. The van der Waals surface area contributed by atoms with Crippen molar-refractivity contribution in [3.05, 3.63) is 28.3 Å². The molecule has 15 heavy (non-hydrogen) atoms. The van der Waals surface area contributed by atoms with Crippen LogP contribution in [0.1, 0.15) is 28.4 Å². The van der Waals surface area contributed by atoms with Crippen LogP contribution in [0.2, 0.25) is 5.02 Å². The van der Waals surface area contributed by atoms with Crippen LogP contribution in [0, 0.1) is 0 Å². The second-order valence-electron chi connectivity index (χ2n) is 3.42. The molecule has 4 nitrogen and oxygen atoms in total. The molecule has 0 spiro atoms. The van der Waals surface area contributed by atoms with Gasteiger partial charge in [-0.3, -0.25) is 0 Å². The van der Waals surface area contributed by atoms with Gasteiger partial charge in [0, 0.05) is 23.0 Å². The minimum atomic E-state index is -1.05. The largest absolute Gasteiger partial charge is 0.492 e. The number of hydrogen-bond donors (Lipinski definition) is 2. The maximum atomic E-state index is 11.0. The van der Waals surface area contributed by atoms with Gasteiger partial charge in [0.2, 0.25) is 0 Å². The van der Waals surface area contributed by atoms with E-state index in [1.54, 1.807) is 6.07 Å². The highest BCUT2D eigenvalue weighted by molar-refractivity contribution is 6.31. The summed E-state index contributed by atoms with van der Waals surface area (Å²) in [6, 6.07) is 2.83. The van der Waals surface area contributed by atoms with Gasteiger partial charge in [0.1, 0.15) is 11.3 Å².